The summed E-state index contributed by atoms with van der Waals surface area (Å²) in [5, 5.41) is 8.84. The number of carbonyl (C=O) groups is 2. The van der Waals surface area contributed by atoms with E-state index in [1.54, 1.807) is 18.0 Å². The third-order valence-corrected chi connectivity index (χ3v) is 3.24. The molecule has 1 aromatic carbocycles. The van der Waals surface area contributed by atoms with Crippen LogP contribution in [0.4, 0.5) is 5.69 Å². The van der Waals surface area contributed by atoms with Crippen LogP contribution in [0.1, 0.15) is 23.7 Å². The van der Waals surface area contributed by atoms with Gasteiger partial charge in [0.25, 0.3) is 0 Å². The summed E-state index contributed by atoms with van der Waals surface area (Å²) in [5.74, 6) is -0.948. The van der Waals surface area contributed by atoms with Gasteiger partial charge >= 0.3 is 5.97 Å². The highest BCUT2D eigenvalue weighted by Crippen LogP contribution is 2.21. The van der Waals surface area contributed by atoms with Gasteiger partial charge in [0.05, 0.1) is 11.3 Å². The molecule has 0 aliphatic rings. The molecule has 0 aliphatic heterocycles. The Kier molecular flexibility index (Phi) is 4.33. The third-order valence-electron chi connectivity index (χ3n) is 3.24. The van der Waals surface area contributed by atoms with Gasteiger partial charge in [-0.1, -0.05) is 19.1 Å². The number of amides is 1. The van der Waals surface area contributed by atoms with Crippen LogP contribution in [0.2, 0.25) is 0 Å². The van der Waals surface area contributed by atoms with Crippen molar-refractivity contribution in [2.24, 2.45) is 0 Å². The molecule has 1 amide bonds. The minimum Gasteiger partial charge on any atom is -0.478 e. The molecule has 21 heavy (non-hydrogen) atoms. The van der Waals surface area contributed by atoms with Crippen LogP contribution in [0.3, 0.4) is 0 Å². The maximum atomic E-state index is 11.6. The van der Waals surface area contributed by atoms with E-state index in [1.807, 2.05) is 31.2 Å². The highest BCUT2D eigenvalue weighted by Gasteiger charge is 2.09. The van der Waals surface area contributed by atoms with E-state index < -0.39 is 5.97 Å². The first-order valence-corrected chi connectivity index (χ1v) is 6.59. The first-order valence-electron chi connectivity index (χ1n) is 6.59. The largest absolute Gasteiger partial charge is 0.478 e. The zero-order valence-electron chi connectivity index (χ0n) is 11.9. The summed E-state index contributed by atoms with van der Waals surface area (Å²) >= 11 is 0. The Bertz CT molecular complexity index is 648. The minimum absolute atomic E-state index is 0.0479. The number of aromatic nitrogens is 1. The molecule has 0 radical (unpaired) electrons. The van der Waals surface area contributed by atoms with Gasteiger partial charge in [-0.05, 0) is 24.3 Å². The highest BCUT2D eigenvalue weighted by atomic mass is 16.4. The van der Waals surface area contributed by atoms with Crippen LogP contribution >= 0.6 is 0 Å². The second-order valence-corrected chi connectivity index (χ2v) is 4.59. The van der Waals surface area contributed by atoms with E-state index in [-0.39, 0.29) is 11.5 Å². The molecule has 0 spiro atoms. The number of carboxylic acid groups (broad SMARTS) is 1. The van der Waals surface area contributed by atoms with E-state index >= 15 is 0 Å². The predicted octanol–water partition coefficient (Wildman–Crippen LogP) is 2.82. The molecule has 1 heterocycles. The van der Waals surface area contributed by atoms with Gasteiger partial charge < -0.3 is 10.0 Å². The van der Waals surface area contributed by atoms with Crippen molar-refractivity contribution in [1.29, 1.82) is 0 Å². The molecule has 2 rings (SSSR count). The van der Waals surface area contributed by atoms with Crippen molar-refractivity contribution in [1.82, 2.24) is 4.98 Å². The van der Waals surface area contributed by atoms with E-state index in [2.05, 4.69) is 4.98 Å². The average Bonchev–Trinajstić information content (AvgIpc) is 2.53. The van der Waals surface area contributed by atoms with Crippen LogP contribution in [0, 0.1) is 0 Å². The monoisotopic (exact) mass is 284 g/mol. The Labute approximate surface area is 122 Å². The Morgan fingerprint density at radius 1 is 1.14 bits per heavy atom. The molecule has 1 N–H and O–H groups in total. The van der Waals surface area contributed by atoms with E-state index in [4.69, 9.17) is 5.11 Å². The number of hydrogen-bond donors (Lipinski definition) is 1. The van der Waals surface area contributed by atoms with E-state index in [0.717, 1.165) is 11.3 Å². The van der Waals surface area contributed by atoms with E-state index in [0.29, 0.717) is 12.1 Å². The van der Waals surface area contributed by atoms with Gasteiger partial charge in [0.15, 0.2) is 0 Å². The fourth-order valence-corrected chi connectivity index (χ4v) is 1.93. The van der Waals surface area contributed by atoms with Crippen molar-refractivity contribution in [3.63, 3.8) is 0 Å². The normalized spacial score (nSPS) is 10.2. The van der Waals surface area contributed by atoms with Crippen molar-refractivity contribution in [3.05, 3.63) is 48.2 Å². The number of carbonyl (C=O) groups excluding carboxylic acids is 1. The zero-order valence-corrected chi connectivity index (χ0v) is 11.9. The molecule has 0 fully saturated rings. The molecule has 0 unspecified atom stereocenters. The summed E-state index contributed by atoms with van der Waals surface area (Å²) in [5.41, 5.74) is 2.53. The van der Waals surface area contributed by atoms with E-state index in [9.17, 15) is 9.59 Å². The number of pyridine rings is 1. The number of nitrogens with zero attached hydrogens (tertiary/aromatic N) is 2. The molecule has 0 saturated carbocycles. The SMILES string of the molecule is CCC(=O)N(C)c1ccc(-c2ccc(C(=O)O)cn2)cc1. The van der Waals surface area contributed by atoms with Gasteiger partial charge in [0, 0.05) is 30.9 Å². The predicted molar refractivity (Wildman–Crippen MR) is 80.3 cm³/mol. The molecule has 0 aliphatic carbocycles. The molecule has 0 saturated heterocycles. The molecule has 1 aromatic heterocycles. The molecule has 0 bridgehead atoms. The second-order valence-electron chi connectivity index (χ2n) is 4.59. The fraction of sp³-hybridized carbons (Fsp3) is 0.188. The summed E-state index contributed by atoms with van der Waals surface area (Å²) < 4.78 is 0. The van der Waals surface area contributed by atoms with Crippen LogP contribution in [0.15, 0.2) is 42.6 Å². The summed E-state index contributed by atoms with van der Waals surface area (Å²) in [7, 11) is 1.74. The molecule has 5 heteroatoms. The highest BCUT2D eigenvalue weighted by molar-refractivity contribution is 5.92. The summed E-state index contributed by atoms with van der Waals surface area (Å²) in [4.78, 5) is 28.1. The van der Waals surface area contributed by atoms with Crippen molar-refractivity contribution >= 4 is 17.6 Å². The molecular weight excluding hydrogens is 268 g/mol. The lowest BCUT2D eigenvalue weighted by molar-refractivity contribution is -0.118. The molecule has 2 aromatic rings. The maximum Gasteiger partial charge on any atom is 0.337 e. The van der Waals surface area contributed by atoms with Crippen LogP contribution in [0.5, 0.6) is 0 Å². The van der Waals surface area contributed by atoms with Gasteiger partial charge in [-0.25, -0.2) is 4.79 Å². The smallest absolute Gasteiger partial charge is 0.337 e. The van der Waals surface area contributed by atoms with Crippen molar-refractivity contribution in [2.75, 3.05) is 11.9 Å². The number of carboxylic acids is 1. The molecule has 108 valence electrons. The van der Waals surface area contributed by atoms with Crippen molar-refractivity contribution in [3.8, 4) is 11.3 Å². The molecule has 0 atom stereocenters. The Morgan fingerprint density at radius 2 is 1.81 bits per heavy atom. The minimum atomic E-state index is -0.996. The second kappa shape index (κ2) is 6.17. The zero-order chi connectivity index (χ0) is 15.4. The lowest BCUT2D eigenvalue weighted by Crippen LogP contribution is -2.24. The number of aromatic carboxylic acids is 1. The van der Waals surface area contributed by atoms with Crippen LogP contribution in [0.25, 0.3) is 11.3 Å². The first kappa shape index (κ1) is 14.7. The summed E-state index contributed by atoms with van der Waals surface area (Å²) in [6.07, 6.45) is 1.79. The van der Waals surface area contributed by atoms with Crippen LogP contribution < -0.4 is 4.90 Å². The molecule has 5 nitrogen and oxygen atoms in total. The number of rotatable bonds is 4. The number of benzene rings is 1. The van der Waals surface area contributed by atoms with Crippen molar-refractivity contribution < 1.29 is 14.7 Å². The Morgan fingerprint density at radius 3 is 2.29 bits per heavy atom. The first-order chi connectivity index (χ1) is 10.0. The van der Waals surface area contributed by atoms with Crippen LogP contribution in [-0.4, -0.2) is 29.0 Å². The number of hydrogen-bond acceptors (Lipinski definition) is 3. The Balaban J connectivity index is 2.22. The summed E-state index contributed by atoms with van der Waals surface area (Å²) in [6.45, 7) is 1.82. The van der Waals surface area contributed by atoms with Gasteiger partial charge in [-0.15, -0.1) is 0 Å². The standard InChI is InChI=1S/C16H16N2O3/c1-3-15(19)18(2)13-7-4-11(5-8-13)14-9-6-12(10-17-14)16(20)21/h4-10H,3H2,1-2H3,(H,20,21). The fourth-order valence-electron chi connectivity index (χ4n) is 1.93. The van der Waals surface area contributed by atoms with Gasteiger partial charge in [0.1, 0.15) is 0 Å². The van der Waals surface area contributed by atoms with Crippen LogP contribution in [-0.2, 0) is 4.79 Å². The lowest BCUT2D eigenvalue weighted by atomic mass is 10.1. The molecular formula is C16H16N2O3. The van der Waals surface area contributed by atoms with Gasteiger partial charge in [0.2, 0.25) is 5.91 Å². The Hall–Kier alpha value is -2.69. The van der Waals surface area contributed by atoms with Gasteiger partial charge in [-0.3, -0.25) is 9.78 Å². The van der Waals surface area contributed by atoms with Gasteiger partial charge in [-0.2, -0.15) is 0 Å². The quantitative estimate of drug-likeness (QED) is 0.937. The summed E-state index contributed by atoms with van der Waals surface area (Å²) in [6, 6.07) is 10.6. The number of anilines is 1. The van der Waals surface area contributed by atoms with E-state index in [1.165, 1.54) is 12.3 Å². The maximum absolute atomic E-state index is 11.6. The average molecular weight is 284 g/mol. The topological polar surface area (TPSA) is 70.5 Å². The van der Waals surface area contributed by atoms with Crippen molar-refractivity contribution in [2.45, 2.75) is 13.3 Å². The lowest BCUT2D eigenvalue weighted by Gasteiger charge is -2.16. The third kappa shape index (κ3) is 3.25.